The van der Waals surface area contributed by atoms with Crippen LogP contribution in [-0.2, 0) is 11.3 Å². The first kappa shape index (κ1) is 17.8. The van der Waals surface area contributed by atoms with E-state index in [0.29, 0.717) is 18.8 Å². The third-order valence-corrected chi connectivity index (χ3v) is 4.70. The number of tetrazole rings is 1. The summed E-state index contributed by atoms with van der Waals surface area (Å²) in [6.45, 7) is 6.64. The number of aromatic nitrogens is 4. The van der Waals surface area contributed by atoms with Crippen LogP contribution in [-0.4, -0.2) is 65.0 Å². The molecule has 0 saturated carbocycles. The molecular formula is C17H25FN6O. The van der Waals surface area contributed by atoms with E-state index in [-0.39, 0.29) is 11.9 Å². The Morgan fingerprint density at radius 3 is 2.64 bits per heavy atom. The molecule has 7 nitrogen and oxygen atoms in total. The zero-order valence-corrected chi connectivity index (χ0v) is 14.8. The number of para-hydroxylation sites is 1. The number of ether oxygens (including phenoxy) is 1. The highest BCUT2D eigenvalue weighted by atomic mass is 19.1. The second-order valence-electron chi connectivity index (χ2n) is 6.15. The molecule has 1 fully saturated rings. The number of anilines is 1. The van der Waals surface area contributed by atoms with Gasteiger partial charge in [-0.25, -0.2) is 9.07 Å². The lowest BCUT2D eigenvalue weighted by atomic mass is 10.1. The molecule has 2 heterocycles. The van der Waals surface area contributed by atoms with Gasteiger partial charge in [0.25, 0.3) is 0 Å². The molecule has 0 amide bonds. The molecular weight excluding hydrogens is 323 g/mol. The normalized spacial score (nSPS) is 17.0. The van der Waals surface area contributed by atoms with E-state index < -0.39 is 0 Å². The molecule has 1 aliphatic heterocycles. The van der Waals surface area contributed by atoms with E-state index >= 15 is 0 Å². The van der Waals surface area contributed by atoms with E-state index in [2.05, 4.69) is 32.2 Å². The highest BCUT2D eigenvalue weighted by molar-refractivity contribution is 5.48. The average Bonchev–Trinajstić information content (AvgIpc) is 3.10. The van der Waals surface area contributed by atoms with Crippen molar-refractivity contribution in [3.05, 3.63) is 35.9 Å². The summed E-state index contributed by atoms with van der Waals surface area (Å²) in [4.78, 5) is 4.48. The third kappa shape index (κ3) is 3.96. The van der Waals surface area contributed by atoms with Crippen molar-refractivity contribution in [1.82, 2.24) is 25.1 Å². The molecule has 0 bridgehead atoms. The quantitative estimate of drug-likeness (QED) is 0.760. The van der Waals surface area contributed by atoms with Gasteiger partial charge in [-0.05, 0) is 29.0 Å². The summed E-state index contributed by atoms with van der Waals surface area (Å²) < 4.78 is 20.9. The summed E-state index contributed by atoms with van der Waals surface area (Å²) in [7, 11) is 1.67. The number of benzene rings is 1. The predicted molar refractivity (Wildman–Crippen MR) is 92.9 cm³/mol. The van der Waals surface area contributed by atoms with Crippen LogP contribution in [0.3, 0.4) is 0 Å². The van der Waals surface area contributed by atoms with Crippen molar-refractivity contribution in [1.29, 1.82) is 0 Å². The maximum atomic E-state index is 14.0. The zero-order valence-electron chi connectivity index (χ0n) is 14.8. The van der Waals surface area contributed by atoms with Gasteiger partial charge in [-0.2, -0.15) is 0 Å². The van der Waals surface area contributed by atoms with Crippen molar-refractivity contribution in [2.75, 3.05) is 44.8 Å². The summed E-state index contributed by atoms with van der Waals surface area (Å²) in [5, 5.41) is 12.2. The Labute approximate surface area is 147 Å². The molecule has 1 atom stereocenters. The Hall–Kier alpha value is -2.06. The van der Waals surface area contributed by atoms with Crippen LogP contribution in [0.15, 0.2) is 24.3 Å². The van der Waals surface area contributed by atoms with E-state index in [1.807, 2.05) is 16.8 Å². The van der Waals surface area contributed by atoms with E-state index in [1.54, 1.807) is 13.2 Å². The lowest BCUT2D eigenvalue weighted by molar-refractivity contribution is 0.156. The SMILES string of the molecule is CCC(c1nnnn1CCOC)N1CCN(c2ccccc2F)CC1. The van der Waals surface area contributed by atoms with E-state index in [9.17, 15) is 4.39 Å². The van der Waals surface area contributed by atoms with Crippen molar-refractivity contribution in [2.24, 2.45) is 0 Å². The van der Waals surface area contributed by atoms with Crippen molar-refractivity contribution >= 4 is 5.69 Å². The standard InChI is InChI=1S/C17H25FN6O/c1-3-15(17-19-20-21-24(17)12-13-25-2)22-8-10-23(11-9-22)16-7-5-4-6-14(16)18/h4-7,15H,3,8-13H2,1-2H3. The number of hydrogen-bond donors (Lipinski definition) is 0. The van der Waals surface area contributed by atoms with Crippen LogP contribution in [0, 0.1) is 5.82 Å². The Morgan fingerprint density at radius 2 is 1.96 bits per heavy atom. The topological polar surface area (TPSA) is 59.3 Å². The zero-order chi connectivity index (χ0) is 17.6. The van der Waals surface area contributed by atoms with Gasteiger partial charge in [-0.1, -0.05) is 19.1 Å². The molecule has 0 aliphatic carbocycles. The fourth-order valence-corrected chi connectivity index (χ4v) is 3.37. The monoisotopic (exact) mass is 348 g/mol. The smallest absolute Gasteiger partial charge is 0.168 e. The Kier molecular flexibility index (Phi) is 5.93. The molecule has 0 spiro atoms. The summed E-state index contributed by atoms with van der Waals surface area (Å²) in [5.41, 5.74) is 0.681. The molecule has 1 unspecified atom stereocenters. The minimum absolute atomic E-state index is 0.161. The number of rotatable bonds is 7. The van der Waals surface area contributed by atoms with Crippen molar-refractivity contribution in [2.45, 2.75) is 25.9 Å². The van der Waals surface area contributed by atoms with Crippen LogP contribution in [0.4, 0.5) is 10.1 Å². The molecule has 8 heteroatoms. The van der Waals surface area contributed by atoms with Crippen LogP contribution in [0.25, 0.3) is 0 Å². The summed E-state index contributed by atoms with van der Waals surface area (Å²) in [6, 6.07) is 7.12. The third-order valence-electron chi connectivity index (χ3n) is 4.70. The lowest BCUT2D eigenvalue weighted by Gasteiger charge is -2.39. The molecule has 0 radical (unpaired) electrons. The Morgan fingerprint density at radius 1 is 1.20 bits per heavy atom. The highest BCUT2D eigenvalue weighted by Crippen LogP contribution is 2.26. The minimum Gasteiger partial charge on any atom is -0.383 e. The first-order valence-corrected chi connectivity index (χ1v) is 8.73. The molecule has 1 aliphatic rings. The van der Waals surface area contributed by atoms with Gasteiger partial charge in [0.05, 0.1) is 24.9 Å². The van der Waals surface area contributed by atoms with Crippen LogP contribution in [0.2, 0.25) is 0 Å². The summed E-state index contributed by atoms with van der Waals surface area (Å²) in [5.74, 6) is 0.713. The number of hydrogen-bond acceptors (Lipinski definition) is 6. The molecule has 0 N–H and O–H groups in total. The van der Waals surface area contributed by atoms with Crippen LogP contribution in [0.5, 0.6) is 0 Å². The van der Waals surface area contributed by atoms with Gasteiger partial charge in [-0.3, -0.25) is 4.90 Å². The van der Waals surface area contributed by atoms with Gasteiger partial charge in [0, 0.05) is 33.3 Å². The lowest BCUT2D eigenvalue weighted by Crippen LogP contribution is -2.48. The van der Waals surface area contributed by atoms with Crippen molar-refractivity contribution in [3.63, 3.8) is 0 Å². The largest absolute Gasteiger partial charge is 0.383 e. The highest BCUT2D eigenvalue weighted by Gasteiger charge is 2.28. The predicted octanol–water partition coefficient (Wildman–Crippen LogP) is 1.73. The maximum Gasteiger partial charge on any atom is 0.168 e. The average molecular weight is 348 g/mol. The first-order valence-electron chi connectivity index (χ1n) is 8.73. The Balaban J connectivity index is 1.67. The van der Waals surface area contributed by atoms with Gasteiger partial charge in [0.2, 0.25) is 0 Å². The minimum atomic E-state index is -0.161. The maximum absolute atomic E-state index is 14.0. The molecule has 1 aromatic heterocycles. The van der Waals surface area contributed by atoms with E-state index in [4.69, 9.17) is 4.74 Å². The molecule has 1 aromatic carbocycles. The summed E-state index contributed by atoms with van der Waals surface area (Å²) >= 11 is 0. The second kappa shape index (κ2) is 8.35. The summed E-state index contributed by atoms with van der Waals surface area (Å²) in [6.07, 6.45) is 0.924. The van der Waals surface area contributed by atoms with Gasteiger partial charge in [-0.15, -0.1) is 5.10 Å². The number of methoxy groups -OCH3 is 1. The van der Waals surface area contributed by atoms with Crippen molar-refractivity contribution in [3.8, 4) is 0 Å². The van der Waals surface area contributed by atoms with Crippen molar-refractivity contribution < 1.29 is 9.13 Å². The van der Waals surface area contributed by atoms with Gasteiger partial charge in [0.15, 0.2) is 5.82 Å². The molecule has 25 heavy (non-hydrogen) atoms. The van der Waals surface area contributed by atoms with E-state index in [0.717, 1.165) is 38.4 Å². The van der Waals surface area contributed by atoms with Gasteiger partial charge in [0.1, 0.15) is 5.82 Å². The fourth-order valence-electron chi connectivity index (χ4n) is 3.37. The molecule has 136 valence electrons. The van der Waals surface area contributed by atoms with Crippen LogP contribution >= 0.6 is 0 Å². The van der Waals surface area contributed by atoms with Gasteiger partial charge >= 0.3 is 0 Å². The number of halogens is 1. The molecule has 1 saturated heterocycles. The number of piperazine rings is 1. The molecule has 2 aromatic rings. The first-order chi connectivity index (χ1) is 12.2. The van der Waals surface area contributed by atoms with Crippen LogP contribution < -0.4 is 4.90 Å². The van der Waals surface area contributed by atoms with E-state index in [1.165, 1.54) is 6.07 Å². The molecule has 3 rings (SSSR count). The fraction of sp³-hybridized carbons (Fsp3) is 0.588. The Bertz CT molecular complexity index is 671. The van der Waals surface area contributed by atoms with Gasteiger partial charge < -0.3 is 9.64 Å². The second-order valence-corrected chi connectivity index (χ2v) is 6.15. The van der Waals surface area contributed by atoms with Crippen LogP contribution in [0.1, 0.15) is 25.2 Å². The number of nitrogens with zero attached hydrogens (tertiary/aromatic N) is 6.